The standard InChI is InChI=1S/C26H37N3O3/c1-16(14-29-15-17(12-27)13-28-29)26(32)9-7-21-20-5-4-18-10-24(2,31)8-6-19(18)23(20)22(30)11-25(21,26)3/h13,15-16,18-21,23,31-32H,4-11,14H2,1-3H3/t16-,18+,19-,20-,21-,23+,24+,25-,26-/m0/s1. The molecule has 0 aromatic carbocycles. The molecule has 1 aromatic rings. The molecule has 0 saturated heterocycles. The Labute approximate surface area is 191 Å². The lowest BCUT2D eigenvalue weighted by Gasteiger charge is -2.57. The fraction of sp³-hybridized carbons (Fsp3) is 0.808. The Bertz CT molecular complexity index is 948. The summed E-state index contributed by atoms with van der Waals surface area (Å²) >= 11 is 0. The summed E-state index contributed by atoms with van der Waals surface area (Å²) in [6.45, 7) is 6.73. The van der Waals surface area contributed by atoms with E-state index < -0.39 is 16.6 Å². The molecule has 5 rings (SSSR count). The highest BCUT2D eigenvalue weighted by Gasteiger charge is 2.66. The summed E-state index contributed by atoms with van der Waals surface area (Å²) in [5, 5.41) is 36.0. The average Bonchev–Trinajstić information content (AvgIpc) is 3.29. The zero-order valence-electron chi connectivity index (χ0n) is 19.6. The highest BCUT2D eigenvalue weighted by atomic mass is 16.3. The predicted molar refractivity (Wildman–Crippen MR) is 119 cm³/mol. The zero-order valence-corrected chi connectivity index (χ0v) is 19.6. The number of aromatic nitrogens is 2. The summed E-state index contributed by atoms with van der Waals surface area (Å²) < 4.78 is 1.75. The second-order valence-corrected chi connectivity index (χ2v) is 12.0. The summed E-state index contributed by atoms with van der Waals surface area (Å²) in [6.07, 6.45) is 10.2. The van der Waals surface area contributed by atoms with Gasteiger partial charge in [-0.2, -0.15) is 10.4 Å². The van der Waals surface area contributed by atoms with Crippen molar-refractivity contribution in [3.8, 4) is 6.07 Å². The molecule has 174 valence electrons. The first kappa shape index (κ1) is 22.1. The molecule has 4 saturated carbocycles. The normalized spacial score (nSPS) is 46.6. The molecule has 4 aliphatic carbocycles. The molecule has 32 heavy (non-hydrogen) atoms. The number of hydrogen-bond donors (Lipinski definition) is 2. The molecule has 0 unspecified atom stereocenters. The minimum Gasteiger partial charge on any atom is -0.390 e. The molecule has 0 aliphatic heterocycles. The summed E-state index contributed by atoms with van der Waals surface area (Å²) in [6, 6.07) is 2.11. The van der Waals surface area contributed by atoms with Crippen molar-refractivity contribution in [3.05, 3.63) is 18.0 Å². The van der Waals surface area contributed by atoms with Gasteiger partial charge in [0.1, 0.15) is 11.9 Å². The maximum absolute atomic E-state index is 13.7. The van der Waals surface area contributed by atoms with E-state index in [0.29, 0.717) is 48.0 Å². The second kappa shape index (κ2) is 7.40. The van der Waals surface area contributed by atoms with Crippen LogP contribution in [-0.2, 0) is 11.3 Å². The van der Waals surface area contributed by atoms with Crippen molar-refractivity contribution in [1.82, 2.24) is 9.78 Å². The first-order chi connectivity index (χ1) is 15.1. The number of ketones is 1. The maximum atomic E-state index is 13.7. The molecule has 0 bridgehead atoms. The number of carbonyl (C=O) groups excluding carboxylic acids is 1. The molecule has 4 fully saturated rings. The number of rotatable bonds is 3. The van der Waals surface area contributed by atoms with Gasteiger partial charge in [0.05, 0.1) is 23.0 Å². The van der Waals surface area contributed by atoms with Crippen molar-refractivity contribution in [2.24, 2.45) is 40.9 Å². The van der Waals surface area contributed by atoms with Crippen LogP contribution in [0.25, 0.3) is 0 Å². The van der Waals surface area contributed by atoms with Crippen LogP contribution in [0.4, 0.5) is 0 Å². The second-order valence-electron chi connectivity index (χ2n) is 12.0. The van der Waals surface area contributed by atoms with E-state index in [1.807, 2.05) is 6.92 Å². The SMILES string of the molecule is C[C@@H](Cn1cc(C#N)cn1)[C@@]1(O)CC[C@H]2[C@@H]3CC[C@@H]4C[C@](C)(O)CC[C@@H]4[C@H]3C(=O)C[C@@]21C. The number of hydrogen-bond acceptors (Lipinski definition) is 5. The molecule has 0 spiro atoms. The van der Waals surface area contributed by atoms with E-state index in [9.17, 15) is 15.0 Å². The number of nitriles is 1. The Morgan fingerprint density at radius 2 is 2.00 bits per heavy atom. The van der Waals surface area contributed by atoms with Gasteiger partial charge in [0, 0.05) is 36.4 Å². The van der Waals surface area contributed by atoms with Crippen LogP contribution in [0, 0.1) is 52.3 Å². The Kier molecular flexibility index (Phi) is 5.11. The lowest BCUT2D eigenvalue weighted by Crippen LogP contribution is -2.59. The van der Waals surface area contributed by atoms with Crippen LogP contribution in [-0.4, -0.2) is 37.0 Å². The topological polar surface area (TPSA) is 99.1 Å². The fourth-order valence-corrected chi connectivity index (χ4v) is 8.67. The van der Waals surface area contributed by atoms with E-state index in [1.165, 1.54) is 0 Å². The van der Waals surface area contributed by atoms with Crippen molar-refractivity contribution < 1.29 is 15.0 Å². The monoisotopic (exact) mass is 439 g/mol. The van der Waals surface area contributed by atoms with Gasteiger partial charge in [-0.15, -0.1) is 0 Å². The smallest absolute Gasteiger partial charge is 0.137 e. The number of aliphatic hydroxyl groups is 2. The molecule has 2 N–H and O–H groups in total. The zero-order chi connectivity index (χ0) is 22.9. The van der Waals surface area contributed by atoms with Crippen LogP contribution in [0.2, 0.25) is 0 Å². The maximum Gasteiger partial charge on any atom is 0.137 e. The van der Waals surface area contributed by atoms with Crippen LogP contribution < -0.4 is 0 Å². The van der Waals surface area contributed by atoms with Gasteiger partial charge in [-0.25, -0.2) is 0 Å². The number of nitrogens with zero attached hydrogens (tertiary/aromatic N) is 3. The Morgan fingerprint density at radius 1 is 1.22 bits per heavy atom. The largest absolute Gasteiger partial charge is 0.390 e. The van der Waals surface area contributed by atoms with Gasteiger partial charge in [0.25, 0.3) is 0 Å². The third-order valence-corrected chi connectivity index (χ3v) is 10.2. The molecule has 9 atom stereocenters. The molecular formula is C26H37N3O3. The van der Waals surface area contributed by atoms with Gasteiger partial charge in [-0.1, -0.05) is 13.8 Å². The van der Waals surface area contributed by atoms with E-state index >= 15 is 0 Å². The quantitative estimate of drug-likeness (QED) is 0.748. The van der Waals surface area contributed by atoms with Crippen molar-refractivity contribution >= 4 is 5.78 Å². The van der Waals surface area contributed by atoms with Crippen molar-refractivity contribution in [1.29, 1.82) is 5.26 Å². The van der Waals surface area contributed by atoms with Crippen LogP contribution in [0.3, 0.4) is 0 Å². The molecular weight excluding hydrogens is 402 g/mol. The summed E-state index contributed by atoms with van der Waals surface area (Å²) in [5.74, 6) is 2.00. The Balaban J connectivity index is 1.39. The van der Waals surface area contributed by atoms with E-state index in [0.717, 1.165) is 44.9 Å². The molecule has 1 heterocycles. The molecule has 1 aromatic heterocycles. The minimum absolute atomic E-state index is 0.0607. The summed E-state index contributed by atoms with van der Waals surface area (Å²) in [5.41, 5.74) is -1.38. The Morgan fingerprint density at radius 3 is 2.72 bits per heavy atom. The first-order valence-electron chi connectivity index (χ1n) is 12.5. The highest BCUT2D eigenvalue weighted by Crippen LogP contribution is 2.66. The van der Waals surface area contributed by atoms with Gasteiger partial charge in [0.15, 0.2) is 0 Å². The number of carbonyl (C=O) groups is 1. The molecule has 4 aliphatic rings. The van der Waals surface area contributed by atoms with Gasteiger partial charge in [-0.3, -0.25) is 9.48 Å². The van der Waals surface area contributed by atoms with E-state index in [2.05, 4.69) is 25.0 Å². The summed E-state index contributed by atoms with van der Waals surface area (Å²) in [4.78, 5) is 13.7. The van der Waals surface area contributed by atoms with Crippen LogP contribution >= 0.6 is 0 Å². The van der Waals surface area contributed by atoms with Crippen LogP contribution in [0.15, 0.2) is 12.4 Å². The van der Waals surface area contributed by atoms with Gasteiger partial charge >= 0.3 is 0 Å². The van der Waals surface area contributed by atoms with Gasteiger partial charge in [0.2, 0.25) is 0 Å². The van der Waals surface area contributed by atoms with Crippen LogP contribution in [0.5, 0.6) is 0 Å². The van der Waals surface area contributed by atoms with Crippen LogP contribution in [0.1, 0.15) is 77.7 Å². The van der Waals surface area contributed by atoms with E-state index in [-0.39, 0.29) is 11.8 Å². The first-order valence-corrected chi connectivity index (χ1v) is 12.5. The van der Waals surface area contributed by atoms with Crippen molar-refractivity contribution in [3.63, 3.8) is 0 Å². The third-order valence-electron chi connectivity index (χ3n) is 10.2. The minimum atomic E-state index is -0.913. The van der Waals surface area contributed by atoms with E-state index in [4.69, 9.17) is 5.26 Å². The van der Waals surface area contributed by atoms with Gasteiger partial charge in [-0.05, 0) is 75.5 Å². The van der Waals surface area contributed by atoms with Crippen molar-refractivity contribution in [2.75, 3.05) is 0 Å². The molecule has 6 heteroatoms. The summed E-state index contributed by atoms with van der Waals surface area (Å²) in [7, 11) is 0. The lowest BCUT2D eigenvalue weighted by atomic mass is 9.47. The molecule has 6 nitrogen and oxygen atoms in total. The van der Waals surface area contributed by atoms with E-state index in [1.54, 1.807) is 17.1 Å². The number of fused-ring (bicyclic) bond motifs is 5. The third kappa shape index (κ3) is 3.19. The average molecular weight is 440 g/mol. The lowest BCUT2D eigenvalue weighted by molar-refractivity contribution is -0.173. The fourth-order valence-electron chi connectivity index (χ4n) is 8.67. The molecule has 0 amide bonds. The van der Waals surface area contributed by atoms with Gasteiger partial charge < -0.3 is 10.2 Å². The highest BCUT2D eigenvalue weighted by molar-refractivity contribution is 5.84. The predicted octanol–water partition coefficient (Wildman–Crippen LogP) is 3.70. The molecule has 0 radical (unpaired) electrons. The Hall–Kier alpha value is -1.71. The van der Waals surface area contributed by atoms with Crippen molar-refractivity contribution in [2.45, 2.75) is 89.9 Å². The number of Topliss-reactive ketones (excluding diaryl/α,β-unsaturated/α-hetero) is 1.